The standard InChI is InChI=1S/C17H28N5O2/c1-16(2)7-6-8-17(3,4)22(16)24-23-21-13-11-19(12-14-21)20-10-9-18(5)15-20/h9-15H,6-8H2,1-5H3/q+1. The van der Waals surface area contributed by atoms with Crippen molar-refractivity contribution in [3.05, 3.63) is 43.5 Å². The molecule has 132 valence electrons. The highest BCUT2D eigenvalue weighted by Crippen LogP contribution is 2.38. The summed E-state index contributed by atoms with van der Waals surface area (Å²) in [4.78, 5) is 11.3. The molecule has 0 spiro atoms. The Hall–Kier alpha value is -1.83. The van der Waals surface area contributed by atoms with Crippen molar-refractivity contribution in [1.29, 1.82) is 0 Å². The van der Waals surface area contributed by atoms with E-state index in [1.807, 2.05) is 69.9 Å². The van der Waals surface area contributed by atoms with Crippen LogP contribution in [0.3, 0.4) is 0 Å². The van der Waals surface area contributed by atoms with E-state index in [0.717, 1.165) is 12.8 Å². The molecule has 0 atom stereocenters. The number of rotatable bonds is 4. The zero-order chi connectivity index (χ0) is 17.4. The highest BCUT2D eigenvalue weighted by molar-refractivity contribution is 5.14. The van der Waals surface area contributed by atoms with Crippen molar-refractivity contribution < 1.29 is 14.5 Å². The molecule has 2 aliphatic heterocycles. The fourth-order valence-corrected chi connectivity index (χ4v) is 3.39. The van der Waals surface area contributed by atoms with Crippen LogP contribution in [0.25, 0.3) is 0 Å². The summed E-state index contributed by atoms with van der Waals surface area (Å²) in [5.74, 6) is 0. The minimum Gasteiger partial charge on any atom is -0.238 e. The van der Waals surface area contributed by atoms with Gasteiger partial charge in [0.25, 0.3) is 6.33 Å². The molecule has 1 fully saturated rings. The quantitative estimate of drug-likeness (QED) is 0.480. The Bertz CT molecular complexity index is 605. The van der Waals surface area contributed by atoms with Gasteiger partial charge in [-0.1, -0.05) is 4.99 Å². The van der Waals surface area contributed by atoms with Gasteiger partial charge in [-0.3, -0.25) is 0 Å². The van der Waals surface area contributed by atoms with Crippen LogP contribution >= 0.6 is 0 Å². The molecule has 0 unspecified atom stereocenters. The minimum absolute atomic E-state index is 0.0586. The Kier molecular flexibility index (Phi) is 4.42. The summed E-state index contributed by atoms with van der Waals surface area (Å²) in [6.45, 7) is 8.75. The maximum atomic E-state index is 5.73. The van der Waals surface area contributed by atoms with Crippen LogP contribution in [-0.2, 0) is 17.0 Å². The minimum atomic E-state index is -0.0586. The summed E-state index contributed by atoms with van der Waals surface area (Å²) in [7, 11) is 1.99. The molecule has 0 amide bonds. The number of aryl methyl sites for hydroxylation is 1. The number of aromatic nitrogens is 2. The fraction of sp³-hybridized carbons (Fsp3) is 0.588. The molecular weight excluding hydrogens is 306 g/mol. The number of nitrogens with zero attached hydrogens (tertiary/aromatic N) is 5. The normalized spacial score (nSPS) is 23.0. The van der Waals surface area contributed by atoms with Crippen LogP contribution in [0.2, 0.25) is 0 Å². The number of hydrogen-bond acceptors (Lipinski definition) is 5. The van der Waals surface area contributed by atoms with Crippen molar-refractivity contribution in [3.63, 3.8) is 0 Å². The lowest BCUT2D eigenvalue weighted by molar-refractivity contribution is -0.671. The van der Waals surface area contributed by atoms with E-state index in [1.165, 1.54) is 6.42 Å². The molecule has 0 bridgehead atoms. The van der Waals surface area contributed by atoms with E-state index in [1.54, 1.807) is 5.06 Å². The van der Waals surface area contributed by atoms with E-state index in [-0.39, 0.29) is 11.1 Å². The van der Waals surface area contributed by atoms with Crippen molar-refractivity contribution in [2.24, 2.45) is 7.05 Å². The molecule has 3 rings (SSSR count). The van der Waals surface area contributed by atoms with Gasteiger partial charge in [0.2, 0.25) is 0 Å². The molecule has 0 radical (unpaired) electrons. The Labute approximate surface area is 143 Å². The first kappa shape index (κ1) is 17.0. The number of imidazole rings is 1. The van der Waals surface area contributed by atoms with Crippen LogP contribution in [0, 0.1) is 0 Å². The van der Waals surface area contributed by atoms with E-state index in [0.29, 0.717) is 0 Å². The van der Waals surface area contributed by atoms with Gasteiger partial charge in [0.15, 0.2) is 6.20 Å². The van der Waals surface area contributed by atoms with Crippen molar-refractivity contribution >= 4 is 0 Å². The highest BCUT2D eigenvalue weighted by Gasteiger charge is 2.43. The third-order valence-electron chi connectivity index (χ3n) is 4.62. The third-order valence-corrected chi connectivity index (χ3v) is 4.62. The molecule has 3 heterocycles. The summed E-state index contributed by atoms with van der Waals surface area (Å²) in [6.07, 6.45) is 16.7. The van der Waals surface area contributed by atoms with Crippen molar-refractivity contribution in [2.75, 3.05) is 5.01 Å². The summed E-state index contributed by atoms with van der Waals surface area (Å²) in [5, 5.41) is 5.47. The third kappa shape index (κ3) is 3.48. The van der Waals surface area contributed by atoms with Gasteiger partial charge in [0.1, 0.15) is 6.20 Å². The van der Waals surface area contributed by atoms with Gasteiger partial charge in [0, 0.05) is 11.1 Å². The lowest BCUT2D eigenvalue weighted by Gasteiger charge is -2.49. The molecule has 1 aromatic heterocycles. The monoisotopic (exact) mass is 334 g/mol. The second-order valence-corrected chi connectivity index (χ2v) is 7.72. The zero-order valence-corrected chi connectivity index (χ0v) is 15.2. The van der Waals surface area contributed by atoms with Gasteiger partial charge in [-0.15, -0.1) is 14.7 Å². The van der Waals surface area contributed by atoms with E-state index >= 15 is 0 Å². The van der Waals surface area contributed by atoms with Crippen molar-refractivity contribution in [3.8, 4) is 0 Å². The Morgan fingerprint density at radius 2 is 1.54 bits per heavy atom. The van der Waals surface area contributed by atoms with Crippen LogP contribution in [-0.4, -0.2) is 25.9 Å². The summed E-state index contributed by atoms with van der Waals surface area (Å²) in [5.41, 5.74) is -0.117. The molecule has 0 aliphatic carbocycles. The van der Waals surface area contributed by atoms with Gasteiger partial charge in [-0.2, -0.15) is 5.01 Å². The molecule has 0 aromatic carbocycles. The van der Waals surface area contributed by atoms with Gasteiger partial charge in [-0.25, -0.2) is 9.63 Å². The Morgan fingerprint density at radius 1 is 0.917 bits per heavy atom. The largest absolute Gasteiger partial charge is 0.267 e. The first-order valence-electron chi connectivity index (χ1n) is 8.40. The SMILES string of the molecule is C[n+]1ccn(N2C=CN(OON3C(C)(C)CCCC3(C)C)C=C2)c1. The Morgan fingerprint density at radius 3 is 2.08 bits per heavy atom. The van der Waals surface area contributed by atoms with Crippen LogP contribution in [0.15, 0.2) is 43.5 Å². The molecule has 0 saturated carbocycles. The van der Waals surface area contributed by atoms with Crippen molar-refractivity contribution in [1.82, 2.24) is 14.8 Å². The van der Waals surface area contributed by atoms with Crippen LogP contribution in [0.5, 0.6) is 0 Å². The fourth-order valence-electron chi connectivity index (χ4n) is 3.39. The topological polar surface area (TPSA) is 37.0 Å². The highest BCUT2D eigenvalue weighted by atomic mass is 17.3. The van der Waals surface area contributed by atoms with Gasteiger partial charge in [-0.05, 0) is 47.0 Å². The number of piperidine rings is 1. The first-order valence-corrected chi connectivity index (χ1v) is 8.40. The average Bonchev–Trinajstić information content (AvgIpc) is 2.93. The number of hydrogen-bond donors (Lipinski definition) is 0. The second-order valence-electron chi connectivity index (χ2n) is 7.72. The second kappa shape index (κ2) is 6.23. The Balaban J connectivity index is 1.59. The molecule has 24 heavy (non-hydrogen) atoms. The lowest BCUT2D eigenvalue weighted by Crippen LogP contribution is -2.58. The zero-order valence-electron chi connectivity index (χ0n) is 15.2. The predicted octanol–water partition coefficient (Wildman–Crippen LogP) is 2.33. The van der Waals surface area contributed by atoms with Gasteiger partial charge >= 0.3 is 0 Å². The van der Waals surface area contributed by atoms with Crippen molar-refractivity contribution in [2.45, 2.75) is 58.0 Å². The first-order chi connectivity index (χ1) is 11.3. The molecule has 0 N–H and O–H groups in total. The smallest absolute Gasteiger partial charge is 0.238 e. The number of hydroxylamine groups is 4. The summed E-state index contributed by atoms with van der Waals surface area (Å²) >= 11 is 0. The van der Waals surface area contributed by atoms with E-state index in [2.05, 4.69) is 27.7 Å². The van der Waals surface area contributed by atoms with Crippen LogP contribution in [0.1, 0.15) is 47.0 Å². The predicted molar refractivity (Wildman–Crippen MR) is 90.0 cm³/mol. The summed E-state index contributed by atoms with van der Waals surface area (Å²) in [6, 6.07) is 0. The molecule has 1 saturated heterocycles. The van der Waals surface area contributed by atoms with Gasteiger partial charge in [0.05, 0.1) is 31.8 Å². The maximum absolute atomic E-state index is 5.73. The molecule has 2 aliphatic rings. The maximum Gasteiger partial charge on any atom is 0.267 e. The average molecular weight is 334 g/mol. The van der Waals surface area contributed by atoms with Crippen LogP contribution in [0.4, 0.5) is 0 Å². The lowest BCUT2D eigenvalue weighted by atomic mass is 9.82. The molecule has 7 nitrogen and oxygen atoms in total. The van der Waals surface area contributed by atoms with E-state index in [4.69, 9.17) is 9.98 Å². The van der Waals surface area contributed by atoms with Crippen LogP contribution < -0.4 is 9.58 Å². The van der Waals surface area contributed by atoms with Gasteiger partial charge < -0.3 is 0 Å². The van der Waals surface area contributed by atoms with E-state index < -0.39 is 0 Å². The molecule has 1 aromatic rings. The molecular formula is C17H28N5O2+. The summed E-state index contributed by atoms with van der Waals surface area (Å²) < 4.78 is 3.94. The van der Waals surface area contributed by atoms with E-state index in [9.17, 15) is 0 Å². The molecule has 7 heteroatoms.